The van der Waals surface area contributed by atoms with Gasteiger partial charge in [-0.25, -0.2) is 0 Å². The molecule has 0 bridgehead atoms. The topological polar surface area (TPSA) is 30.7 Å². The second-order valence-electron chi connectivity index (χ2n) is 13.3. The van der Waals surface area contributed by atoms with E-state index in [2.05, 4.69) is 133 Å². The average Bonchev–Trinajstić information content (AvgIpc) is 3.52. The van der Waals surface area contributed by atoms with Gasteiger partial charge in [-0.3, -0.25) is 4.98 Å². The third-order valence-corrected chi connectivity index (χ3v) is 9.94. The molecule has 0 unspecified atom stereocenters. The molecule has 6 aromatic carbocycles. The number of hydrogen-bond acceptors (Lipinski definition) is 2. The number of para-hydroxylation sites is 3. The molecule has 0 fully saturated rings. The van der Waals surface area contributed by atoms with Crippen molar-refractivity contribution in [1.29, 1.82) is 0 Å². The summed E-state index contributed by atoms with van der Waals surface area (Å²) in [7, 11) is 0. The van der Waals surface area contributed by atoms with Crippen molar-refractivity contribution in [3.63, 3.8) is 0 Å². The third-order valence-electron chi connectivity index (χ3n) is 9.94. The Morgan fingerprint density at radius 1 is 0.569 bits per heavy atom. The van der Waals surface area contributed by atoms with Crippen LogP contribution >= 0.6 is 0 Å². The summed E-state index contributed by atoms with van der Waals surface area (Å²) < 4.78 is 2.47. The summed E-state index contributed by atoms with van der Waals surface area (Å²) in [6, 6.07) is 61.6. The number of benzene rings is 6. The fourth-order valence-corrected chi connectivity index (χ4v) is 7.43. The zero-order valence-electron chi connectivity index (χ0n) is 28.3. The van der Waals surface area contributed by atoms with E-state index in [4.69, 9.17) is 4.98 Å². The molecule has 3 nitrogen and oxygen atoms in total. The Morgan fingerprint density at radius 2 is 1.35 bits per heavy atom. The molecular formula is C47H33IrN3-2. The molecule has 0 saturated carbocycles. The van der Waals surface area contributed by atoms with Gasteiger partial charge in [-0.1, -0.05) is 98.8 Å². The van der Waals surface area contributed by atoms with Crippen molar-refractivity contribution in [2.75, 3.05) is 0 Å². The van der Waals surface area contributed by atoms with Crippen molar-refractivity contribution in [3.8, 4) is 39.3 Å². The molecule has 0 spiro atoms. The Labute approximate surface area is 311 Å². The molecule has 9 aromatic rings. The van der Waals surface area contributed by atoms with Gasteiger partial charge in [-0.15, -0.1) is 71.3 Å². The molecule has 0 saturated heterocycles. The van der Waals surface area contributed by atoms with Gasteiger partial charge in [0.25, 0.3) is 0 Å². The molecule has 0 aliphatic carbocycles. The quantitative estimate of drug-likeness (QED) is 0.166. The molecule has 1 aliphatic rings. The van der Waals surface area contributed by atoms with Crippen molar-refractivity contribution in [1.82, 2.24) is 14.5 Å². The SMILES string of the molecule is CC1(C)c2ccccc2-n2c3ccc(-c4cc[c-]c(-c5ccc6ccccc6n5)c4)cc3c3cccc1c32.[Ir].[c-]1ccccc1-c1ccccn1. The first-order valence-corrected chi connectivity index (χ1v) is 17.0. The summed E-state index contributed by atoms with van der Waals surface area (Å²) in [5.41, 5.74) is 13.9. The van der Waals surface area contributed by atoms with E-state index in [9.17, 15) is 0 Å². The predicted octanol–water partition coefficient (Wildman–Crippen LogP) is 11.7. The molecule has 1 radical (unpaired) electrons. The fraction of sp³-hybridized carbons (Fsp3) is 0.0638. The molecule has 0 N–H and O–H groups in total. The summed E-state index contributed by atoms with van der Waals surface area (Å²) in [5.74, 6) is 0. The monoisotopic (exact) mass is 832 g/mol. The van der Waals surface area contributed by atoms with Crippen molar-refractivity contribution in [3.05, 3.63) is 187 Å². The van der Waals surface area contributed by atoms with E-state index in [0.717, 1.165) is 33.4 Å². The van der Waals surface area contributed by atoms with Crippen LogP contribution in [-0.4, -0.2) is 14.5 Å². The Balaban J connectivity index is 0.000000245. The number of rotatable bonds is 3. The van der Waals surface area contributed by atoms with Crippen molar-refractivity contribution in [2.45, 2.75) is 19.3 Å². The van der Waals surface area contributed by atoms with E-state index in [1.165, 1.54) is 49.7 Å². The van der Waals surface area contributed by atoms with Crippen molar-refractivity contribution < 1.29 is 20.1 Å². The standard InChI is InChI=1S/C36H25N2.C11H8N.Ir/c1-36(2)29-13-4-6-16-34(29)38-33-20-18-25(22-28(33)27-12-8-14-30(36)35(27)38)24-10-7-11-26(21-24)32-19-17-23-9-3-5-15-31(23)37-32;1-2-6-10(7-3-1)11-8-4-5-9-12-11;/h3-10,12-22H,1-2H3;1-6,8-9H;/q2*-1;. The maximum Gasteiger partial charge on any atom is 0.0595 e. The van der Waals surface area contributed by atoms with Crippen LogP contribution in [0.4, 0.5) is 0 Å². The van der Waals surface area contributed by atoms with Crippen LogP contribution in [0.5, 0.6) is 0 Å². The molecule has 4 heteroatoms. The minimum atomic E-state index is -0.0552. The van der Waals surface area contributed by atoms with Gasteiger partial charge in [-0.2, -0.15) is 0 Å². The van der Waals surface area contributed by atoms with E-state index in [0.29, 0.717) is 0 Å². The molecule has 247 valence electrons. The van der Waals surface area contributed by atoms with Crippen LogP contribution in [-0.2, 0) is 25.5 Å². The van der Waals surface area contributed by atoms with Gasteiger partial charge < -0.3 is 9.55 Å². The minimum absolute atomic E-state index is 0. The minimum Gasteiger partial charge on any atom is -0.309 e. The van der Waals surface area contributed by atoms with Crippen LogP contribution in [0.2, 0.25) is 0 Å². The first kappa shape index (κ1) is 32.5. The second-order valence-corrected chi connectivity index (χ2v) is 13.3. The first-order chi connectivity index (χ1) is 24.6. The van der Waals surface area contributed by atoms with Crippen LogP contribution in [0, 0.1) is 12.1 Å². The van der Waals surface area contributed by atoms with Crippen LogP contribution in [0.15, 0.2) is 164 Å². The number of nitrogens with zero attached hydrogens (tertiary/aromatic N) is 3. The third kappa shape index (κ3) is 5.67. The zero-order chi connectivity index (χ0) is 33.7. The number of hydrogen-bond donors (Lipinski definition) is 0. The molecule has 0 amide bonds. The molecule has 1 aliphatic heterocycles. The van der Waals surface area contributed by atoms with E-state index < -0.39 is 0 Å². The zero-order valence-corrected chi connectivity index (χ0v) is 30.7. The largest absolute Gasteiger partial charge is 0.309 e. The summed E-state index contributed by atoms with van der Waals surface area (Å²) in [5, 5.41) is 3.74. The van der Waals surface area contributed by atoms with E-state index in [1.54, 1.807) is 6.20 Å². The Bertz CT molecular complexity index is 2640. The number of aromatic nitrogens is 3. The number of fused-ring (bicyclic) bond motifs is 6. The normalized spacial score (nSPS) is 12.5. The Kier molecular flexibility index (Phi) is 8.44. The van der Waals surface area contributed by atoms with Crippen LogP contribution < -0.4 is 0 Å². The first-order valence-electron chi connectivity index (χ1n) is 17.0. The Morgan fingerprint density at radius 3 is 2.22 bits per heavy atom. The maximum absolute atomic E-state index is 4.90. The van der Waals surface area contributed by atoms with Crippen LogP contribution in [0.25, 0.3) is 72.0 Å². The number of pyridine rings is 2. The smallest absolute Gasteiger partial charge is 0.0595 e. The molecule has 3 aromatic heterocycles. The van der Waals surface area contributed by atoms with Gasteiger partial charge in [-0.05, 0) is 63.8 Å². The Hall–Kier alpha value is -5.67. The van der Waals surface area contributed by atoms with Gasteiger partial charge in [0.15, 0.2) is 0 Å². The predicted molar refractivity (Wildman–Crippen MR) is 206 cm³/mol. The van der Waals surface area contributed by atoms with E-state index in [1.807, 2.05) is 60.7 Å². The van der Waals surface area contributed by atoms with E-state index >= 15 is 0 Å². The summed E-state index contributed by atoms with van der Waals surface area (Å²) >= 11 is 0. The van der Waals surface area contributed by atoms with Gasteiger partial charge in [0.2, 0.25) is 0 Å². The molecule has 0 atom stereocenters. The molecule has 10 rings (SSSR count). The van der Waals surface area contributed by atoms with Gasteiger partial charge in [0.1, 0.15) is 0 Å². The maximum atomic E-state index is 4.90. The summed E-state index contributed by atoms with van der Waals surface area (Å²) in [6.45, 7) is 4.69. The van der Waals surface area contributed by atoms with Crippen molar-refractivity contribution >= 4 is 32.7 Å². The fourth-order valence-electron chi connectivity index (χ4n) is 7.43. The summed E-state index contributed by atoms with van der Waals surface area (Å²) in [6.07, 6.45) is 1.79. The average molecular weight is 832 g/mol. The van der Waals surface area contributed by atoms with Gasteiger partial charge in [0.05, 0.1) is 22.2 Å². The second kappa shape index (κ2) is 13.2. The van der Waals surface area contributed by atoms with E-state index in [-0.39, 0.29) is 25.5 Å². The van der Waals surface area contributed by atoms with Crippen LogP contribution in [0.3, 0.4) is 0 Å². The van der Waals surface area contributed by atoms with Gasteiger partial charge >= 0.3 is 0 Å². The molecule has 4 heterocycles. The molecular weight excluding hydrogens is 799 g/mol. The van der Waals surface area contributed by atoms with Gasteiger partial charge in [0, 0.05) is 42.5 Å². The van der Waals surface area contributed by atoms with Crippen LogP contribution in [0.1, 0.15) is 25.0 Å². The van der Waals surface area contributed by atoms with Crippen molar-refractivity contribution in [2.24, 2.45) is 0 Å². The molecule has 51 heavy (non-hydrogen) atoms. The summed E-state index contributed by atoms with van der Waals surface area (Å²) in [4.78, 5) is 9.12.